The summed E-state index contributed by atoms with van der Waals surface area (Å²) in [5, 5.41) is 19.1. The fraction of sp³-hybridized carbons (Fsp3) is 0.500. The standard InChI is InChI=1S/C10H13N5O4/c11-10-13-7-5(8(18)14-10)12-3-15(7)9-6(17)4(1-16)2-19-9/h3-4,6,9,16-17H,1-2H2,(H3,11,13,14,18)/t4-,6?,9+/m1/s1. The topological polar surface area (TPSA) is 139 Å². The van der Waals surface area contributed by atoms with Gasteiger partial charge in [-0.2, -0.15) is 4.98 Å². The lowest BCUT2D eigenvalue weighted by Gasteiger charge is -2.17. The minimum atomic E-state index is -0.898. The summed E-state index contributed by atoms with van der Waals surface area (Å²) in [5.74, 6) is -0.410. The molecule has 9 nitrogen and oxygen atoms in total. The number of rotatable bonds is 2. The summed E-state index contributed by atoms with van der Waals surface area (Å²) in [4.78, 5) is 21.9. The maximum absolute atomic E-state index is 11.6. The fourth-order valence-electron chi connectivity index (χ4n) is 2.19. The second-order valence-corrected chi connectivity index (χ2v) is 4.43. The minimum absolute atomic E-state index is 0.0366. The van der Waals surface area contributed by atoms with Crippen LogP contribution in [0.3, 0.4) is 0 Å². The van der Waals surface area contributed by atoms with Crippen molar-refractivity contribution in [1.82, 2.24) is 19.5 Å². The van der Waals surface area contributed by atoms with Crippen LogP contribution in [0.2, 0.25) is 0 Å². The van der Waals surface area contributed by atoms with Crippen LogP contribution in [0.25, 0.3) is 11.2 Å². The van der Waals surface area contributed by atoms with E-state index in [1.807, 2.05) is 0 Å². The number of nitrogens with two attached hydrogens (primary N) is 1. The molecule has 1 aliphatic rings. The minimum Gasteiger partial charge on any atom is -0.396 e. The van der Waals surface area contributed by atoms with Gasteiger partial charge < -0.3 is 20.7 Å². The zero-order chi connectivity index (χ0) is 13.6. The maximum atomic E-state index is 11.6. The molecule has 5 N–H and O–H groups in total. The first kappa shape index (κ1) is 12.1. The Morgan fingerprint density at radius 2 is 2.42 bits per heavy atom. The van der Waals surface area contributed by atoms with E-state index in [0.717, 1.165) is 0 Å². The van der Waals surface area contributed by atoms with Crippen LogP contribution in [0.5, 0.6) is 0 Å². The van der Waals surface area contributed by atoms with Gasteiger partial charge in [0.2, 0.25) is 5.95 Å². The van der Waals surface area contributed by atoms with Crippen LogP contribution in [0.1, 0.15) is 6.23 Å². The number of hydrogen-bond donors (Lipinski definition) is 4. The van der Waals surface area contributed by atoms with Crippen molar-refractivity contribution in [2.45, 2.75) is 12.3 Å². The Bertz CT molecular complexity index is 665. The number of aromatic nitrogens is 4. The number of aliphatic hydroxyl groups excluding tert-OH is 2. The van der Waals surface area contributed by atoms with Gasteiger partial charge in [-0.1, -0.05) is 0 Å². The molecule has 1 saturated heterocycles. The Hall–Kier alpha value is -1.97. The number of hydrogen-bond acceptors (Lipinski definition) is 7. The third-order valence-corrected chi connectivity index (χ3v) is 3.22. The van der Waals surface area contributed by atoms with Gasteiger partial charge in [-0.05, 0) is 0 Å². The van der Waals surface area contributed by atoms with Gasteiger partial charge in [0.05, 0.1) is 19.5 Å². The summed E-state index contributed by atoms with van der Waals surface area (Å²) in [6.07, 6.45) is -0.277. The first-order chi connectivity index (χ1) is 9.11. The van der Waals surface area contributed by atoms with Crippen LogP contribution in [0.4, 0.5) is 5.95 Å². The molecule has 2 aromatic heterocycles. The number of imidazole rings is 1. The molecule has 0 saturated carbocycles. The summed E-state index contributed by atoms with van der Waals surface area (Å²) in [6, 6.07) is 0. The number of aliphatic hydroxyl groups is 2. The quantitative estimate of drug-likeness (QED) is 0.503. The molecule has 1 unspecified atom stereocenters. The van der Waals surface area contributed by atoms with E-state index in [2.05, 4.69) is 15.0 Å². The highest BCUT2D eigenvalue weighted by Crippen LogP contribution is 2.29. The van der Waals surface area contributed by atoms with Gasteiger partial charge >= 0.3 is 0 Å². The van der Waals surface area contributed by atoms with Gasteiger partial charge in [0, 0.05) is 5.92 Å². The van der Waals surface area contributed by atoms with Crippen LogP contribution >= 0.6 is 0 Å². The highest BCUT2D eigenvalue weighted by Gasteiger charge is 2.37. The highest BCUT2D eigenvalue weighted by atomic mass is 16.5. The lowest BCUT2D eigenvalue weighted by atomic mass is 10.1. The zero-order valence-corrected chi connectivity index (χ0v) is 9.85. The second-order valence-electron chi connectivity index (χ2n) is 4.43. The summed E-state index contributed by atoms with van der Waals surface area (Å²) >= 11 is 0. The Morgan fingerprint density at radius 1 is 1.63 bits per heavy atom. The van der Waals surface area contributed by atoms with Gasteiger partial charge in [0.15, 0.2) is 17.4 Å². The van der Waals surface area contributed by atoms with Gasteiger partial charge in [-0.3, -0.25) is 14.3 Å². The van der Waals surface area contributed by atoms with Crippen molar-refractivity contribution in [2.24, 2.45) is 5.92 Å². The summed E-state index contributed by atoms with van der Waals surface area (Å²) < 4.78 is 6.87. The number of anilines is 1. The molecule has 0 amide bonds. The molecule has 0 radical (unpaired) electrons. The van der Waals surface area contributed by atoms with Gasteiger partial charge in [0.1, 0.15) is 6.10 Å². The van der Waals surface area contributed by atoms with E-state index < -0.39 is 17.9 Å². The molecule has 102 valence electrons. The number of nitrogens with zero attached hydrogens (tertiary/aromatic N) is 3. The molecule has 9 heteroatoms. The largest absolute Gasteiger partial charge is 0.396 e. The molecular weight excluding hydrogens is 254 g/mol. The van der Waals surface area contributed by atoms with Gasteiger partial charge in [-0.25, -0.2) is 4.98 Å². The van der Waals surface area contributed by atoms with E-state index in [9.17, 15) is 9.90 Å². The van der Waals surface area contributed by atoms with Crippen molar-refractivity contribution in [2.75, 3.05) is 18.9 Å². The molecule has 3 atom stereocenters. The van der Waals surface area contributed by atoms with E-state index in [1.165, 1.54) is 10.9 Å². The molecule has 1 aliphatic heterocycles. The average Bonchev–Trinajstić information content (AvgIpc) is 2.92. The number of nitrogens with one attached hydrogen (secondary N) is 1. The molecule has 19 heavy (non-hydrogen) atoms. The van der Waals surface area contributed by atoms with Crippen LogP contribution in [0.15, 0.2) is 11.1 Å². The molecule has 0 spiro atoms. The Labute approximate surface area is 106 Å². The second kappa shape index (κ2) is 4.30. The van der Waals surface area contributed by atoms with Crippen LogP contribution in [-0.2, 0) is 4.74 Å². The number of ether oxygens (including phenoxy) is 1. The predicted molar refractivity (Wildman–Crippen MR) is 64.1 cm³/mol. The summed E-state index contributed by atoms with van der Waals surface area (Å²) in [5.41, 5.74) is 5.40. The van der Waals surface area contributed by atoms with Gasteiger partial charge in [0.25, 0.3) is 5.56 Å². The van der Waals surface area contributed by atoms with Crippen LogP contribution in [0, 0.1) is 5.92 Å². The first-order valence-electron chi connectivity index (χ1n) is 5.74. The lowest BCUT2D eigenvalue weighted by Crippen LogP contribution is -2.26. The molecule has 0 aromatic carbocycles. The van der Waals surface area contributed by atoms with E-state index >= 15 is 0 Å². The van der Waals surface area contributed by atoms with E-state index in [1.54, 1.807) is 0 Å². The maximum Gasteiger partial charge on any atom is 0.280 e. The first-order valence-corrected chi connectivity index (χ1v) is 5.74. The molecule has 3 heterocycles. The van der Waals surface area contributed by atoms with Crippen molar-refractivity contribution in [1.29, 1.82) is 0 Å². The van der Waals surface area contributed by atoms with Crippen LogP contribution < -0.4 is 11.3 Å². The van der Waals surface area contributed by atoms with Crippen molar-refractivity contribution in [3.8, 4) is 0 Å². The SMILES string of the molecule is Nc1nc2c(ncn2[C@H]2OC[C@@H](CO)C2O)c(=O)[nH]1. The number of nitrogen functional groups attached to an aromatic ring is 1. The summed E-state index contributed by atoms with van der Waals surface area (Å²) in [6.45, 7) is 0.0428. The van der Waals surface area contributed by atoms with Crippen molar-refractivity contribution < 1.29 is 14.9 Å². The number of H-pyrrole nitrogens is 1. The van der Waals surface area contributed by atoms with Crippen molar-refractivity contribution in [3.05, 3.63) is 16.7 Å². The predicted octanol–water partition coefficient (Wildman–Crippen LogP) is -1.80. The fourth-order valence-corrected chi connectivity index (χ4v) is 2.19. The normalized spacial score (nSPS) is 27.2. The Morgan fingerprint density at radius 3 is 3.11 bits per heavy atom. The average molecular weight is 267 g/mol. The van der Waals surface area contributed by atoms with E-state index in [-0.39, 0.29) is 36.2 Å². The van der Waals surface area contributed by atoms with E-state index in [0.29, 0.717) is 0 Å². The molecule has 0 bridgehead atoms. The number of fused-ring (bicyclic) bond motifs is 1. The Kier molecular flexibility index (Phi) is 2.73. The highest BCUT2D eigenvalue weighted by molar-refractivity contribution is 5.70. The third-order valence-electron chi connectivity index (χ3n) is 3.22. The summed E-state index contributed by atoms with van der Waals surface area (Å²) in [7, 11) is 0. The molecule has 3 rings (SSSR count). The zero-order valence-electron chi connectivity index (χ0n) is 9.85. The third kappa shape index (κ3) is 1.79. The van der Waals surface area contributed by atoms with Crippen molar-refractivity contribution in [3.63, 3.8) is 0 Å². The lowest BCUT2D eigenvalue weighted by molar-refractivity contribution is -0.0108. The monoisotopic (exact) mass is 267 g/mol. The Balaban J connectivity index is 2.09. The van der Waals surface area contributed by atoms with Gasteiger partial charge in [-0.15, -0.1) is 0 Å². The molecular formula is C10H13N5O4. The smallest absolute Gasteiger partial charge is 0.280 e. The number of aromatic amines is 1. The van der Waals surface area contributed by atoms with Crippen molar-refractivity contribution >= 4 is 17.1 Å². The van der Waals surface area contributed by atoms with E-state index in [4.69, 9.17) is 15.6 Å². The molecule has 1 fully saturated rings. The molecule has 0 aliphatic carbocycles. The molecule has 2 aromatic rings. The van der Waals surface area contributed by atoms with Crippen LogP contribution in [-0.4, -0.2) is 49.0 Å².